The average molecular weight is 402 g/mol. The molecule has 1 saturated carbocycles. The Kier molecular flexibility index (Phi) is 4.09. The van der Waals surface area contributed by atoms with E-state index < -0.39 is 11.8 Å². The van der Waals surface area contributed by atoms with Gasteiger partial charge in [-0.15, -0.1) is 0 Å². The Morgan fingerprint density at radius 2 is 2.10 bits per heavy atom. The van der Waals surface area contributed by atoms with Crippen molar-refractivity contribution < 1.29 is 14.4 Å². The first-order chi connectivity index (χ1) is 14.5. The van der Waals surface area contributed by atoms with Gasteiger partial charge < -0.3 is 11.1 Å². The lowest BCUT2D eigenvalue weighted by Gasteiger charge is -2.11. The van der Waals surface area contributed by atoms with Crippen molar-refractivity contribution in [2.24, 2.45) is 5.73 Å². The molecule has 9 heteroatoms. The molecule has 1 aliphatic carbocycles. The van der Waals surface area contributed by atoms with Crippen LogP contribution in [0.15, 0.2) is 42.1 Å². The molecule has 9 nitrogen and oxygen atoms in total. The van der Waals surface area contributed by atoms with E-state index in [1.165, 1.54) is 0 Å². The maximum absolute atomic E-state index is 12.0. The van der Waals surface area contributed by atoms with Crippen molar-refractivity contribution >= 4 is 35.3 Å². The molecule has 3 aromatic rings. The van der Waals surface area contributed by atoms with Crippen molar-refractivity contribution in [2.75, 3.05) is 5.32 Å². The van der Waals surface area contributed by atoms with E-state index in [1.807, 2.05) is 12.1 Å². The minimum atomic E-state index is -0.513. The Balaban J connectivity index is 1.65. The van der Waals surface area contributed by atoms with Gasteiger partial charge >= 0.3 is 0 Å². The van der Waals surface area contributed by atoms with Gasteiger partial charge in [-0.3, -0.25) is 19.7 Å². The van der Waals surface area contributed by atoms with E-state index in [4.69, 9.17) is 10.7 Å². The first kappa shape index (κ1) is 18.0. The third-order valence-electron chi connectivity index (χ3n) is 5.10. The number of carbonyl (C=O) groups excluding carboxylic acids is 3. The molecule has 2 fully saturated rings. The zero-order valence-corrected chi connectivity index (χ0v) is 15.9. The fourth-order valence-electron chi connectivity index (χ4n) is 3.41. The van der Waals surface area contributed by atoms with Crippen LogP contribution in [0.1, 0.15) is 35.2 Å². The van der Waals surface area contributed by atoms with E-state index in [2.05, 4.69) is 15.7 Å². The summed E-state index contributed by atoms with van der Waals surface area (Å²) in [6.45, 7) is 0. The molecule has 30 heavy (non-hydrogen) atoms. The van der Waals surface area contributed by atoms with Crippen LogP contribution in [0.5, 0.6) is 0 Å². The summed E-state index contributed by atoms with van der Waals surface area (Å²) in [7, 11) is 0. The standard InChI is InChI=1S/C21H18N6O3/c22-19(29)12-3-1-2-11(6-12)16-9-17(24-15-4-5-15)27-20(25-16)14(10-23-27)7-13-8-18(28)26-21(13)30/h1-3,6-7,9-10,15,24H,4-5,8H2,(H2,22,29)(H,26,28,30)/b13-7+. The maximum Gasteiger partial charge on any atom is 0.254 e. The highest BCUT2D eigenvalue weighted by molar-refractivity contribution is 6.15. The van der Waals surface area contributed by atoms with Gasteiger partial charge in [-0.25, -0.2) is 4.98 Å². The van der Waals surface area contributed by atoms with Crippen LogP contribution >= 0.6 is 0 Å². The van der Waals surface area contributed by atoms with Crippen LogP contribution in [-0.4, -0.2) is 38.4 Å². The van der Waals surface area contributed by atoms with Gasteiger partial charge in [0.2, 0.25) is 11.8 Å². The number of aromatic nitrogens is 3. The number of imide groups is 1. The lowest BCUT2D eigenvalue weighted by molar-refractivity contribution is -0.124. The number of carbonyl (C=O) groups is 3. The minimum Gasteiger partial charge on any atom is -0.367 e. The average Bonchev–Trinajstić information content (AvgIpc) is 3.36. The lowest BCUT2D eigenvalue weighted by Crippen LogP contribution is -2.19. The van der Waals surface area contributed by atoms with E-state index in [-0.39, 0.29) is 12.3 Å². The molecule has 0 spiro atoms. The molecular formula is C21H18N6O3. The molecule has 0 unspecified atom stereocenters. The number of nitrogens with one attached hydrogen (secondary N) is 2. The fraction of sp³-hybridized carbons (Fsp3) is 0.190. The van der Waals surface area contributed by atoms with Crippen LogP contribution in [0.3, 0.4) is 0 Å². The SMILES string of the molecule is NC(=O)c1cccc(-c2cc(NC3CC3)n3ncc(/C=C4\CC(=O)NC4=O)c3n2)c1. The van der Waals surface area contributed by atoms with E-state index in [9.17, 15) is 14.4 Å². The number of anilines is 1. The maximum atomic E-state index is 12.0. The Hall–Kier alpha value is -4.01. The van der Waals surface area contributed by atoms with Gasteiger partial charge in [0, 0.05) is 34.4 Å². The molecule has 2 aliphatic rings. The highest BCUT2D eigenvalue weighted by Gasteiger charge is 2.26. The first-order valence-corrected chi connectivity index (χ1v) is 9.58. The van der Waals surface area contributed by atoms with Crippen LogP contribution in [0.25, 0.3) is 23.0 Å². The Morgan fingerprint density at radius 3 is 2.80 bits per heavy atom. The van der Waals surface area contributed by atoms with Crippen LogP contribution in [0.2, 0.25) is 0 Å². The summed E-state index contributed by atoms with van der Waals surface area (Å²) in [6, 6.07) is 9.20. The van der Waals surface area contributed by atoms with Crippen molar-refractivity contribution in [1.29, 1.82) is 0 Å². The molecule has 4 N–H and O–H groups in total. The third-order valence-corrected chi connectivity index (χ3v) is 5.10. The summed E-state index contributed by atoms with van der Waals surface area (Å²) in [6.07, 6.45) is 5.45. The predicted octanol–water partition coefficient (Wildman–Crippen LogP) is 1.50. The molecule has 0 atom stereocenters. The Bertz CT molecular complexity index is 1250. The van der Waals surface area contributed by atoms with E-state index >= 15 is 0 Å². The first-order valence-electron chi connectivity index (χ1n) is 9.58. The number of rotatable bonds is 5. The van der Waals surface area contributed by atoms with Crippen molar-refractivity contribution in [2.45, 2.75) is 25.3 Å². The van der Waals surface area contributed by atoms with Gasteiger partial charge in [-0.05, 0) is 31.1 Å². The number of hydrogen-bond acceptors (Lipinski definition) is 6. The molecule has 0 radical (unpaired) electrons. The molecule has 1 aliphatic heterocycles. The minimum absolute atomic E-state index is 0.0315. The van der Waals surface area contributed by atoms with Crippen LogP contribution in [-0.2, 0) is 9.59 Å². The quantitative estimate of drug-likeness (QED) is 0.438. The molecule has 3 heterocycles. The number of nitrogens with zero attached hydrogens (tertiary/aromatic N) is 3. The second-order valence-corrected chi connectivity index (χ2v) is 7.45. The fourth-order valence-corrected chi connectivity index (χ4v) is 3.41. The van der Waals surface area contributed by atoms with Gasteiger partial charge in [0.25, 0.3) is 5.91 Å². The highest BCUT2D eigenvalue weighted by Crippen LogP contribution is 2.30. The van der Waals surface area contributed by atoms with Crippen molar-refractivity contribution in [1.82, 2.24) is 19.9 Å². The predicted molar refractivity (Wildman–Crippen MR) is 109 cm³/mol. The highest BCUT2D eigenvalue weighted by atomic mass is 16.2. The summed E-state index contributed by atoms with van der Waals surface area (Å²) in [4.78, 5) is 39.8. The smallest absolute Gasteiger partial charge is 0.254 e. The summed E-state index contributed by atoms with van der Waals surface area (Å²) >= 11 is 0. The molecule has 150 valence electrons. The zero-order valence-electron chi connectivity index (χ0n) is 15.9. The number of nitrogens with two attached hydrogens (primary N) is 1. The van der Waals surface area contributed by atoms with Gasteiger partial charge in [0.05, 0.1) is 18.3 Å². The van der Waals surface area contributed by atoms with Crippen molar-refractivity contribution in [3.63, 3.8) is 0 Å². The summed E-state index contributed by atoms with van der Waals surface area (Å²) in [5.41, 5.74) is 8.73. The summed E-state index contributed by atoms with van der Waals surface area (Å²) in [5.74, 6) is -0.476. The molecule has 3 amide bonds. The summed E-state index contributed by atoms with van der Waals surface area (Å²) < 4.78 is 1.68. The second kappa shape index (κ2) is 6.80. The number of benzene rings is 1. The molecule has 0 bridgehead atoms. The lowest BCUT2D eigenvalue weighted by atomic mass is 10.1. The largest absolute Gasteiger partial charge is 0.367 e. The normalized spacial score (nSPS) is 17.5. The van der Waals surface area contributed by atoms with E-state index in [1.54, 1.807) is 35.0 Å². The van der Waals surface area contributed by atoms with Gasteiger partial charge in [0.1, 0.15) is 5.82 Å². The van der Waals surface area contributed by atoms with E-state index in [0.717, 1.165) is 24.2 Å². The monoisotopic (exact) mass is 402 g/mol. The topological polar surface area (TPSA) is 131 Å². The van der Waals surface area contributed by atoms with Crippen molar-refractivity contribution in [3.8, 4) is 11.3 Å². The number of fused-ring (bicyclic) bond motifs is 1. The number of hydrogen-bond donors (Lipinski definition) is 3. The van der Waals surface area contributed by atoms with E-state index in [0.29, 0.717) is 34.1 Å². The third kappa shape index (κ3) is 3.30. The van der Waals surface area contributed by atoms with Crippen LogP contribution in [0.4, 0.5) is 5.82 Å². The Morgan fingerprint density at radius 1 is 1.27 bits per heavy atom. The zero-order chi connectivity index (χ0) is 20.8. The second-order valence-electron chi connectivity index (χ2n) is 7.45. The van der Waals surface area contributed by atoms with Gasteiger partial charge in [-0.1, -0.05) is 12.1 Å². The molecule has 5 rings (SSSR count). The van der Waals surface area contributed by atoms with Crippen molar-refractivity contribution in [3.05, 3.63) is 53.2 Å². The van der Waals surface area contributed by atoms with Crippen LogP contribution < -0.4 is 16.4 Å². The Labute approximate surface area is 171 Å². The number of amides is 3. The molecule has 1 saturated heterocycles. The number of primary amides is 1. The van der Waals surface area contributed by atoms with Crippen LogP contribution in [0, 0.1) is 0 Å². The molecule has 2 aromatic heterocycles. The van der Waals surface area contributed by atoms with Gasteiger partial charge in [0.15, 0.2) is 5.65 Å². The molecular weight excluding hydrogens is 384 g/mol. The van der Waals surface area contributed by atoms with Gasteiger partial charge in [-0.2, -0.15) is 9.61 Å². The molecule has 1 aromatic carbocycles. The summed E-state index contributed by atoms with van der Waals surface area (Å²) in [5, 5.41) is 10.1.